The highest BCUT2D eigenvalue weighted by Gasteiger charge is 2.46. The molecule has 6 heteroatoms. The Hall–Kier alpha value is -3.15. The van der Waals surface area contributed by atoms with Gasteiger partial charge in [-0.1, -0.05) is 60.7 Å². The number of rotatable bonds is 5. The van der Waals surface area contributed by atoms with Crippen molar-refractivity contribution in [1.82, 2.24) is 9.80 Å². The van der Waals surface area contributed by atoms with Crippen molar-refractivity contribution in [3.63, 3.8) is 0 Å². The fourth-order valence-corrected chi connectivity index (χ4v) is 5.04. The topological polar surface area (TPSA) is 66.9 Å². The molecule has 168 valence electrons. The summed E-state index contributed by atoms with van der Waals surface area (Å²) in [7, 11) is 1.41. The third-order valence-electron chi connectivity index (χ3n) is 6.85. The maximum absolute atomic E-state index is 13.7. The van der Waals surface area contributed by atoms with E-state index in [1.165, 1.54) is 7.11 Å². The fraction of sp³-hybridized carbons (Fsp3) is 0.423. The fourth-order valence-electron chi connectivity index (χ4n) is 5.04. The van der Waals surface area contributed by atoms with Gasteiger partial charge in [0.15, 0.2) is 0 Å². The molecule has 0 N–H and O–H groups in total. The lowest BCUT2D eigenvalue weighted by Crippen LogP contribution is -2.53. The van der Waals surface area contributed by atoms with Crippen LogP contribution >= 0.6 is 0 Å². The number of benzene rings is 2. The van der Waals surface area contributed by atoms with E-state index in [1.54, 1.807) is 4.90 Å². The molecule has 0 radical (unpaired) electrons. The molecule has 0 bridgehead atoms. The Morgan fingerprint density at radius 3 is 2.12 bits per heavy atom. The number of likely N-dealkylation sites (tertiary alicyclic amines) is 2. The van der Waals surface area contributed by atoms with Gasteiger partial charge in [-0.05, 0) is 36.8 Å². The lowest BCUT2D eigenvalue weighted by Gasteiger charge is -2.43. The molecule has 1 atom stereocenters. The van der Waals surface area contributed by atoms with Crippen molar-refractivity contribution >= 4 is 17.8 Å². The van der Waals surface area contributed by atoms with Crippen molar-refractivity contribution in [1.29, 1.82) is 0 Å². The van der Waals surface area contributed by atoms with Gasteiger partial charge in [0.2, 0.25) is 11.8 Å². The molecule has 0 aromatic heterocycles. The number of esters is 1. The molecular weight excluding hydrogens is 404 g/mol. The standard InChI is InChI=1S/C26H30N2O4/c1-32-25(31)26(21-12-6-3-7-13-21)15-18-27(19-16-26)24(30)23(20-10-4-2-5-11-20)28-17-9-8-14-22(28)29/h2-7,10-13,23H,8-9,14-19H2,1H3. The first-order valence-electron chi connectivity index (χ1n) is 11.3. The minimum atomic E-state index is -0.754. The van der Waals surface area contributed by atoms with Crippen LogP contribution in [0.2, 0.25) is 0 Å². The lowest BCUT2D eigenvalue weighted by molar-refractivity contribution is -0.154. The first kappa shape index (κ1) is 22.1. The van der Waals surface area contributed by atoms with E-state index in [2.05, 4.69) is 0 Å². The highest BCUT2D eigenvalue weighted by molar-refractivity contribution is 5.90. The van der Waals surface area contributed by atoms with E-state index in [1.807, 2.05) is 65.6 Å². The van der Waals surface area contributed by atoms with E-state index in [9.17, 15) is 14.4 Å². The van der Waals surface area contributed by atoms with Crippen molar-refractivity contribution in [3.05, 3.63) is 71.8 Å². The molecule has 32 heavy (non-hydrogen) atoms. The van der Waals surface area contributed by atoms with Crippen LogP contribution in [0.15, 0.2) is 60.7 Å². The quantitative estimate of drug-likeness (QED) is 0.676. The van der Waals surface area contributed by atoms with Gasteiger partial charge in [-0.15, -0.1) is 0 Å². The minimum Gasteiger partial charge on any atom is -0.468 e. The van der Waals surface area contributed by atoms with Gasteiger partial charge < -0.3 is 14.5 Å². The molecule has 2 saturated heterocycles. The van der Waals surface area contributed by atoms with Crippen LogP contribution in [0.25, 0.3) is 0 Å². The van der Waals surface area contributed by atoms with Gasteiger partial charge in [0.1, 0.15) is 6.04 Å². The van der Waals surface area contributed by atoms with Gasteiger partial charge in [0.05, 0.1) is 12.5 Å². The maximum Gasteiger partial charge on any atom is 0.316 e. The normalized spacial score (nSPS) is 19.3. The van der Waals surface area contributed by atoms with Crippen LogP contribution in [0.4, 0.5) is 0 Å². The molecule has 2 aromatic rings. The van der Waals surface area contributed by atoms with E-state index in [0.29, 0.717) is 38.9 Å². The van der Waals surface area contributed by atoms with Gasteiger partial charge in [0.25, 0.3) is 0 Å². The van der Waals surface area contributed by atoms with Crippen LogP contribution in [-0.2, 0) is 24.5 Å². The zero-order chi connectivity index (χ0) is 22.6. The second-order valence-electron chi connectivity index (χ2n) is 8.62. The van der Waals surface area contributed by atoms with Gasteiger partial charge in [-0.3, -0.25) is 14.4 Å². The molecule has 2 heterocycles. The van der Waals surface area contributed by atoms with E-state index < -0.39 is 11.5 Å². The summed E-state index contributed by atoms with van der Waals surface area (Å²) in [6.07, 6.45) is 3.24. The number of amides is 2. The summed E-state index contributed by atoms with van der Waals surface area (Å²) in [6.45, 7) is 1.47. The zero-order valence-electron chi connectivity index (χ0n) is 18.5. The predicted molar refractivity (Wildman–Crippen MR) is 121 cm³/mol. The van der Waals surface area contributed by atoms with E-state index in [-0.39, 0.29) is 17.8 Å². The molecule has 2 aromatic carbocycles. The summed E-state index contributed by atoms with van der Waals surface area (Å²) in [6, 6.07) is 18.6. The Morgan fingerprint density at radius 2 is 1.53 bits per heavy atom. The first-order chi connectivity index (χ1) is 15.6. The highest BCUT2D eigenvalue weighted by Crippen LogP contribution is 2.38. The third-order valence-corrected chi connectivity index (χ3v) is 6.85. The lowest BCUT2D eigenvalue weighted by atomic mass is 9.72. The first-order valence-corrected chi connectivity index (χ1v) is 11.3. The SMILES string of the molecule is COC(=O)C1(c2ccccc2)CCN(C(=O)C(c2ccccc2)N2CCCCC2=O)CC1. The van der Waals surface area contributed by atoms with Crippen molar-refractivity contribution in [2.45, 2.75) is 43.6 Å². The van der Waals surface area contributed by atoms with Crippen molar-refractivity contribution in [2.24, 2.45) is 0 Å². The van der Waals surface area contributed by atoms with E-state index in [0.717, 1.165) is 24.0 Å². The average molecular weight is 435 g/mol. The summed E-state index contributed by atoms with van der Waals surface area (Å²) >= 11 is 0. The smallest absolute Gasteiger partial charge is 0.316 e. The van der Waals surface area contributed by atoms with Crippen LogP contribution in [-0.4, -0.2) is 54.3 Å². The molecule has 2 fully saturated rings. The molecule has 0 spiro atoms. The van der Waals surface area contributed by atoms with E-state index in [4.69, 9.17) is 4.74 Å². The largest absolute Gasteiger partial charge is 0.468 e. The zero-order valence-corrected chi connectivity index (χ0v) is 18.5. The van der Waals surface area contributed by atoms with E-state index >= 15 is 0 Å². The van der Waals surface area contributed by atoms with Gasteiger partial charge in [0, 0.05) is 26.1 Å². The van der Waals surface area contributed by atoms with Crippen molar-refractivity contribution in [3.8, 4) is 0 Å². The molecule has 0 aliphatic carbocycles. The van der Waals surface area contributed by atoms with Gasteiger partial charge in [-0.2, -0.15) is 0 Å². The number of methoxy groups -OCH3 is 1. The van der Waals surface area contributed by atoms with Gasteiger partial charge in [-0.25, -0.2) is 0 Å². The molecule has 0 saturated carbocycles. The second-order valence-corrected chi connectivity index (χ2v) is 8.62. The Morgan fingerprint density at radius 1 is 0.906 bits per heavy atom. The third kappa shape index (κ3) is 4.14. The van der Waals surface area contributed by atoms with Crippen LogP contribution in [0.1, 0.15) is 49.3 Å². The number of hydrogen-bond acceptors (Lipinski definition) is 4. The Kier molecular flexibility index (Phi) is 6.58. The van der Waals surface area contributed by atoms with Gasteiger partial charge >= 0.3 is 5.97 Å². The number of hydrogen-bond donors (Lipinski definition) is 0. The number of carbonyl (C=O) groups excluding carboxylic acids is 3. The molecule has 4 rings (SSSR count). The Balaban J connectivity index is 1.58. The molecular formula is C26H30N2O4. The number of nitrogens with zero attached hydrogens (tertiary/aromatic N) is 2. The number of ether oxygens (including phenoxy) is 1. The van der Waals surface area contributed by atoms with Crippen molar-refractivity contribution < 1.29 is 19.1 Å². The highest BCUT2D eigenvalue weighted by atomic mass is 16.5. The maximum atomic E-state index is 13.7. The Labute approximate surface area is 189 Å². The summed E-state index contributed by atoms with van der Waals surface area (Å²) < 4.78 is 5.17. The van der Waals surface area contributed by atoms with Crippen molar-refractivity contribution in [2.75, 3.05) is 26.7 Å². The predicted octanol–water partition coefficient (Wildman–Crippen LogP) is 3.47. The number of carbonyl (C=O) groups is 3. The van der Waals surface area contributed by atoms with Crippen LogP contribution in [0, 0.1) is 0 Å². The number of piperidine rings is 2. The molecule has 2 aliphatic heterocycles. The molecule has 2 amide bonds. The minimum absolute atomic E-state index is 0.0312. The summed E-state index contributed by atoms with van der Waals surface area (Å²) in [5.74, 6) is -0.303. The summed E-state index contributed by atoms with van der Waals surface area (Å²) in [5, 5.41) is 0. The van der Waals surface area contributed by atoms with Crippen LogP contribution in [0.5, 0.6) is 0 Å². The summed E-state index contributed by atoms with van der Waals surface area (Å²) in [4.78, 5) is 42.8. The van der Waals surface area contributed by atoms with Crippen LogP contribution in [0.3, 0.4) is 0 Å². The molecule has 2 aliphatic rings. The summed E-state index contributed by atoms with van der Waals surface area (Å²) in [5.41, 5.74) is 1.00. The molecule has 1 unspecified atom stereocenters. The monoisotopic (exact) mass is 434 g/mol. The van der Waals surface area contributed by atoms with Crippen LogP contribution < -0.4 is 0 Å². The average Bonchev–Trinajstić information content (AvgIpc) is 2.86. The molecule has 6 nitrogen and oxygen atoms in total. The second kappa shape index (κ2) is 9.55. The Bertz CT molecular complexity index is 952.